The Morgan fingerprint density at radius 2 is 2.07 bits per heavy atom. The van der Waals surface area contributed by atoms with Crippen molar-refractivity contribution >= 4 is 23.1 Å². The standard InChI is InChI=1S/C10H14N4O/c1-13-10(15)14-3-2-6-4-7(11)8(12)5-9(6)14/h4-5H,2-3,11-12H2,1H3,(H,13,15). The van der Waals surface area contributed by atoms with Gasteiger partial charge in [0.1, 0.15) is 0 Å². The largest absolute Gasteiger partial charge is 0.397 e. The van der Waals surface area contributed by atoms with Crippen molar-refractivity contribution in [3.63, 3.8) is 0 Å². The molecule has 1 aliphatic heterocycles. The normalized spacial score (nSPS) is 13.8. The van der Waals surface area contributed by atoms with E-state index in [2.05, 4.69) is 5.32 Å². The van der Waals surface area contributed by atoms with E-state index in [9.17, 15) is 4.79 Å². The fourth-order valence-corrected chi connectivity index (χ4v) is 1.82. The van der Waals surface area contributed by atoms with Crippen LogP contribution in [0, 0.1) is 0 Å². The van der Waals surface area contributed by atoms with Gasteiger partial charge in [-0.25, -0.2) is 4.79 Å². The Labute approximate surface area is 88.0 Å². The molecule has 0 fully saturated rings. The molecule has 0 radical (unpaired) electrons. The van der Waals surface area contributed by atoms with Crippen molar-refractivity contribution in [3.8, 4) is 0 Å². The second-order valence-corrected chi connectivity index (χ2v) is 3.57. The Balaban J connectivity index is 2.42. The van der Waals surface area contributed by atoms with Gasteiger partial charge in [0.25, 0.3) is 0 Å². The summed E-state index contributed by atoms with van der Waals surface area (Å²) in [5.74, 6) is 0. The predicted molar refractivity (Wildman–Crippen MR) is 60.8 cm³/mol. The molecule has 0 aliphatic carbocycles. The van der Waals surface area contributed by atoms with Gasteiger partial charge in [0.2, 0.25) is 0 Å². The van der Waals surface area contributed by atoms with Gasteiger partial charge in [-0.1, -0.05) is 0 Å². The molecule has 5 nitrogen and oxygen atoms in total. The molecular weight excluding hydrogens is 192 g/mol. The third-order valence-corrected chi connectivity index (χ3v) is 2.64. The Morgan fingerprint density at radius 1 is 1.40 bits per heavy atom. The molecule has 1 aliphatic rings. The van der Waals surface area contributed by atoms with Crippen LogP contribution in [0.2, 0.25) is 0 Å². The molecule has 0 atom stereocenters. The molecule has 0 aromatic heterocycles. The molecular formula is C10H14N4O. The van der Waals surface area contributed by atoms with E-state index < -0.39 is 0 Å². The Hall–Kier alpha value is -1.91. The topological polar surface area (TPSA) is 84.4 Å². The second kappa shape index (κ2) is 3.34. The molecule has 2 amide bonds. The van der Waals surface area contributed by atoms with Crippen molar-refractivity contribution in [1.29, 1.82) is 0 Å². The van der Waals surface area contributed by atoms with Gasteiger partial charge in [0.15, 0.2) is 0 Å². The van der Waals surface area contributed by atoms with E-state index in [0.29, 0.717) is 17.9 Å². The van der Waals surface area contributed by atoms with Crippen LogP contribution in [0.1, 0.15) is 5.56 Å². The number of carbonyl (C=O) groups excluding carboxylic acids is 1. The van der Waals surface area contributed by atoms with E-state index in [4.69, 9.17) is 11.5 Å². The van der Waals surface area contributed by atoms with E-state index in [1.807, 2.05) is 6.07 Å². The third-order valence-electron chi connectivity index (χ3n) is 2.64. The summed E-state index contributed by atoms with van der Waals surface area (Å²) in [5, 5.41) is 2.60. The molecule has 0 bridgehead atoms. The maximum Gasteiger partial charge on any atom is 0.321 e. The summed E-state index contributed by atoms with van der Waals surface area (Å²) in [4.78, 5) is 13.2. The molecule has 0 saturated carbocycles. The van der Waals surface area contributed by atoms with Crippen molar-refractivity contribution in [2.24, 2.45) is 0 Å². The number of hydrogen-bond acceptors (Lipinski definition) is 3. The highest BCUT2D eigenvalue weighted by Gasteiger charge is 2.24. The van der Waals surface area contributed by atoms with Crippen LogP contribution in [-0.4, -0.2) is 19.6 Å². The summed E-state index contributed by atoms with van der Waals surface area (Å²) in [6.45, 7) is 0.678. The number of fused-ring (bicyclic) bond motifs is 1. The predicted octanol–water partition coefficient (Wildman–Crippen LogP) is 0.553. The average molecular weight is 206 g/mol. The van der Waals surface area contributed by atoms with Crippen molar-refractivity contribution in [1.82, 2.24) is 5.32 Å². The van der Waals surface area contributed by atoms with Crippen molar-refractivity contribution in [2.75, 3.05) is 30.0 Å². The number of rotatable bonds is 0. The fraction of sp³-hybridized carbons (Fsp3) is 0.300. The highest BCUT2D eigenvalue weighted by molar-refractivity contribution is 5.95. The van der Waals surface area contributed by atoms with Crippen molar-refractivity contribution in [3.05, 3.63) is 17.7 Å². The van der Waals surface area contributed by atoms with Gasteiger partial charge < -0.3 is 16.8 Å². The Bertz CT molecular complexity index is 416. The first-order chi connectivity index (χ1) is 7.13. The molecule has 15 heavy (non-hydrogen) atoms. The van der Waals surface area contributed by atoms with E-state index in [1.54, 1.807) is 18.0 Å². The number of urea groups is 1. The zero-order chi connectivity index (χ0) is 11.0. The highest BCUT2D eigenvalue weighted by atomic mass is 16.2. The molecule has 5 heteroatoms. The molecule has 0 spiro atoms. The van der Waals surface area contributed by atoms with Gasteiger partial charge in [-0.05, 0) is 24.1 Å². The first-order valence-electron chi connectivity index (χ1n) is 4.80. The maximum absolute atomic E-state index is 11.5. The molecule has 5 N–H and O–H groups in total. The van der Waals surface area contributed by atoms with Crippen LogP contribution < -0.4 is 21.7 Å². The minimum atomic E-state index is -0.113. The number of anilines is 3. The fourth-order valence-electron chi connectivity index (χ4n) is 1.82. The van der Waals surface area contributed by atoms with Crippen LogP contribution in [0.4, 0.5) is 21.9 Å². The number of nitrogen functional groups attached to an aromatic ring is 2. The number of nitrogens with zero attached hydrogens (tertiary/aromatic N) is 1. The maximum atomic E-state index is 11.5. The number of nitrogens with one attached hydrogen (secondary N) is 1. The average Bonchev–Trinajstić information content (AvgIpc) is 2.61. The van der Waals surface area contributed by atoms with Gasteiger partial charge in [-0.2, -0.15) is 0 Å². The molecule has 1 heterocycles. The quantitative estimate of drug-likeness (QED) is 0.542. The zero-order valence-corrected chi connectivity index (χ0v) is 8.58. The molecule has 1 aromatic rings. The minimum Gasteiger partial charge on any atom is -0.397 e. The lowest BCUT2D eigenvalue weighted by Crippen LogP contribution is -2.36. The summed E-state index contributed by atoms with van der Waals surface area (Å²) in [6.07, 6.45) is 0.827. The summed E-state index contributed by atoms with van der Waals surface area (Å²) in [7, 11) is 1.61. The molecule has 80 valence electrons. The first kappa shape index (κ1) is 9.64. The SMILES string of the molecule is CNC(=O)N1CCc2cc(N)c(N)cc21. The summed E-state index contributed by atoms with van der Waals surface area (Å²) >= 11 is 0. The van der Waals surface area contributed by atoms with Gasteiger partial charge in [-0.15, -0.1) is 0 Å². The number of nitrogens with two attached hydrogens (primary N) is 2. The number of benzene rings is 1. The Kier molecular flexibility index (Phi) is 2.15. The van der Waals surface area contributed by atoms with Crippen LogP contribution >= 0.6 is 0 Å². The lowest BCUT2D eigenvalue weighted by Gasteiger charge is -2.17. The number of amides is 2. The molecule has 2 rings (SSSR count). The zero-order valence-electron chi connectivity index (χ0n) is 8.58. The van der Waals surface area contributed by atoms with Crippen molar-refractivity contribution < 1.29 is 4.79 Å². The first-order valence-corrected chi connectivity index (χ1v) is 4.80. The minimum absolute atomic E-state index is 0.113. The second-order valence-electron chi connectivity index (χ2n) is 3.57. The number of hydrogen-bond donors (Lipinski definition) is 3. The van der Waals surface area contributed by atoms with Gasteiger partial charge in [0, 0.05) is 13.6 Å². The molecule has 1 aromatic carbocycles. The lowest BCUT2D eigenvalue weighted by molar-refractivity contribution is 0.248. The van der Waals surface area contributed by atoms with Crippen LogP contribution in [-0.2, 0) is 6.42 Å². The highest BCUT2D eigenvalue weighted by Crippen LogP contribution is 2.33. The summed E-state index contributed by atoms with van der Waals surface area (Å²) in [5.41, 5.74) is 14.4. The van der Waals surface area contributed by atoms with Crippen LogP contribution in [0.15, 0.2) is 12.1 Å². The summed E-state index contributed by atoms with van der Waals surface area (Å²) in [6, 6.07) is 3.48. The number of carbonyl (C=O) groups is 1. The van der Waals surface area contributed by atoms with E-state index in [-0.39, 0.29) is 6.03 Å². The Morgan fingerprint density at radius 3 is 2.73 bits per heavy atom. The molecule has 0 unspecified atom stereocenters. The monoisotopic (exact) mass is 206 g/mol. The van der Waals surface area contributed by atoms with Gasteiger partial charge >= 0.3 is 6.03 Å². The smallest absolute Gasteiger partial charge is 0.321 e. The summed E-state index contributed by atoms with van der Waals surface area (Å²) < 4.78 is 0. The van der Waals surface area contributed by atoms with Crippen LogP contribution in [0.3, 0.4) is 0 Å². The van der Waals surface area contributed by atoms with Crippen molar-refractivity contribution in [2.45, 2.75) is 6.42 Å². The van der Waals surface area contributed by atoms with Crippen LogP contribution in [0.25, 0.3) is 0 Å². The van der Waals surface area contributed by atoms with E-state index >= 15 is 0 Å². The van der Waals surface area contributed by atoms with E-state index in [1.165, 1.54) is 0 Å². The lowest BCUT2D eigenvalue weighted by atomic mass is 10.1. The van der Waals surface area contributed by atoms with Gasteiger partial charge in [-0.3, -0.25) is 4.90 Å². The third kappa shape index (κ3) is 1.45. The van der Waals surface area contributed by atoms with Gasteiger partial charge in [0.05, 0.1) is 17.1 Å². The molecule has 0 saturated heterocycles. The van der Waals surface area contributed by atoms with E-state index in [0.717, 1.165) is 17.7 Å². The van der Waals surface area contributed by atoms with Crippen LogP contribution in [0.5, 0.6) is 0 Å².